The zero-order chi connectivity index (χ0) is 35.6. The Kier molecular flexibility index (Phi) is 30.7. The van der Waals surface area contributed by atoms with Crippen LogP contribution >= 0.6 is 0 Å². The molecule has 0 atom stereocenters. The van der Waals surface area contributed by atoms with Gasteiger partial charge in [0.1, 0.15) is 13.2 Å². The monoisotopic (exact) mass is 695 g/mol. The zero-order valence-corrected chi connectivity index (χ0v) is 32.4. The number of unbranched alkanes of at least 4 members (excludes halogenated alkanes) is 24. The van der Waals surface area contributed by atoms with E-state index >= 15 is 0 Å². The summed E-state index contributed by atoms with van der Waals surface area (Å²) in [6.07, 6.45) is 31.9. The smallest absolute Gasteiger partial charge is 0.407 e. The molecule has 8 heteroatoms. The highest BCUT2D eigenvalue weighted by atomic mass is 16.6. The van der Waals surface area contributed by atoms with Crippen molar-refractivity contribution in [3.05, 3.63) is 0 Å². The number of esters is 2. The summed E-state index contributed by atoms with van der Waals surface area (Å²) in [6, 6.07) is 0.0456. The van der Waals surface area contributed by atoms with Crippen LogP contribution in [0, 0.1) is 0 Å². The predicted molar refractivity (Wildman–Crippen MR) is 202 cm³/mol. The van der Waals surface area contributed by atoms with Crippen molar-refractivity contribution in [1.82, 2.24) is 10.2 Å². The van der Waals surface area contributed by atoms with Crippen LogP contribution in [0.4, 0.5) is 4.79 Å². The zero-order valence-electron chi connectivity index (χ0n) is 32.4. The van der Waals surface area contributed by atoms with Gasteiger partial charge in [-0.1, -0.05) is 175 Å². The highest BCUT2D eigenvalue weighted by molar-refractivity contribution is 5.70. The molecule has 0 aliphatic carbocycles. The standard InChI is InChI=1S/C41H78N2O6/c1-4-7-9-11-13-15-17-19-21-23-25-27-29-31-39(44)47-35-38(49-41(46)42-37-33-43(6-3)34-37)36-48-40(45)32-30-28-26-24-22-20-18-16-14-12-10-8-5-2/h37-38H,4-36H2,1-3H3,(H,42,46). The molecule has 1 heterocycles. The van der Waals surface area contributed by atoms with Crippen LogP contribution in [0.25, 0.3) is 0 Å². The molecule has 1 N–H and O–H groups in total. The minimum absolute atomic E-state index is 0.0456. The summed E-state index contributed by atoms with van der Waals surface area (Å²) < 4.78 is 16.5. The summed E-state index contributed by atoms with van der Waals surface area (Å²) in [6.45, 7) is 8.91. The number of nitrogens with one attached hydrogen (secondary N) is 1. The van der Waals surface area contributed by atoms with E-state index in [0.717, 1.165) is 58.2 Å². The van der Waals surface area contributed by atoms with E-state index in [1.54, 1.807) is 0 Å². The number of hydrogen-bond donors (Lipinski definition) is 1. The van der Waals surface area contributed by atoms with Crippen LogP contribution in [0.5, 0.6) is 0 Å². The molecule has 1 fully saturated rings. The Balaban J connectivity index is 2.19. The molecule has 49 heavy (non-hydrogen) atoms. The van der Waals surface area contributed by atoms with Crippen molar-refractivity contribution in [2.45, 2.75) is 213 Å². The van der Waals surface area contributed by atoms with Gasteiger partial charge < -0.3 is 19.5 Å². The number of likely N-dealkylation sites (tertiary alicyclic amines) is 1. The molecule has 1 amide bonds. The van der Waals surface area contributed by atoms with Gasteiger partial charge in [-0.25, -0.2) is 4.79 Å². The normalized spacial score (nSPS) is 13.4. The minimum Gasteiger partial charge on any atom is -0.462 e. The third-order valence-corrected chi connectivity index (χ3v) is 9.83. The van der Waals surface area contributed by atoms with Gasteiger partial charge in [-0.05, 0) is 19.4 Å². The SMILES string of the molecule is CCCCCCCCCCCCCCCC(=O)OCC(COC(=O)CCCCCCCCCCCCCCC)OC(=O)NC1CN(CC)C1. The molecule has 0 saturated carbocycles. The van der Waals surface area contributed by atoms with Crippen molar-refractivity contribution in [1.29, 1.82) is 0 Å². The first-order chi connectivity index (χ1) is 24.0. The van der Waals surface area contributed by atoms with Crippen molar-refractivity contribution >= 4 is 18.0 Å². The summed E-state index contributed by atoms with van der Waals surface area (Å²) in [4.78, 5) is 39.6. The van der Waals surface area contributed by atoms with E-state index < -0.39 is 12.2 Å². The first-order valence-corrected chi connectivity index (χ1v) is 21.0. The number of ether oxygens (including phenoxy) is 3. The van der Waals surface area contributed by atoms with Crippen molar-refractivity contribution in [2.75, 3.05) is 32.8 Å². The van der Waals surface area contributed by atoms with Crippen LogP contribution in [-0.2, 0) is 23.8 Å². The van der Waals surface area contributed by atoms with Gasteiger partial charge in [0.25, 0.3) is 0 Å². The van der Waals surface area contributed by atoms with E-state index in [1.165, 1.54) is 128 Å². The maximum atomic E-state index is 12.5. The van der Waals surface area contributed by atoms with Crippen LogP contribution < -0.4 is 5.32 Å². The Labute approximate surface area is 301 Å². The lowest BCUT2D eigenvalue weighted by molar-refractivity contribution is -0.152. The molecule has 0 aromatic rings. The first kappa shape index (κ1) is 45.2. The Morgan fingerprint density at radius 1 is 0.531 bits per heavy atom. The minimum atomic E-state index is -0.825. The average Bonchev–Trinajstić information content (AvgIpc) is 3.07. The van der Waals surface area contributed by atoms with Crippen molar-refractivity contribution in [3.8, 4) is 0 Å². The number of carbonyl (C=O) groups is 3. The van der Waals surface area contributed by atoms with Gasteiger partial charge in [0.05, 0.1) is 6.04 Å². The van der Waals surface area contributed by atoms with E-state index in [-0.39, 0.29) is 31.2 Å². The molecule has 8 nitrogen and oxygen atoms in total. The third-order valence-electron chi connectivity index (χ3n) is 9.83. The van der Waals surface area contributed by atoms with Gasteiger partial charge in [-0.3, -0.25) is 14.5 Å². The van der Waals surface area contributed by atoms with Crippen molar-refractivity contribution in [3.63, 3.8) is 0 Å². The Bertz CT molecular complexity index is 742. The lowest BCUT2D eigenvalue weighted by atomic mass is 10.0. The Morgan fingerprint density at radius 2 is 0.857 bits per heavy atom. The molecule has 0 bridgehead atoms. The molecule has 1 rings (SSSR count). The molecule has 0 aromatic heterocycles. The molecule has 1 saturated heterocycles. The molecule has 1 aliphatic heterocycles. The van der Waals surface area contributed by atoms with Gasteiger partial charge in [-0.15, -0.1) is 0 Å². The van der Waals surface area contributed by atoms with E-state index in [9.17, 15) is 14.4 Å². The predicted octanol–water partition coefficient (Wildman–Crippen LogP) is 10.8. The molecule has 0 unspecified atom stereocenters. The van der Waals surface area contributed by atoms with Crippen LogP contribution in [0.2, 0.25) is 0 Å². The largest absolute Gasteiger partial charge is 0.462 e. The third kappa shape index (κ3) is 28.5. The fourth-order valence-electron chi connectivity index (χ4n) is 6.48. The molecule has 1 aliphatic rings. The summed E-state index contributed by atoms with van der Waals surface area (Å²) in [7, 11) is 0. The number of hydrogen-bond acceptors (Lipinski definition) is 7. The molecular weight excluding hydrogens is 616 g/mol. The van der Waals surface area contributed by atoms with Crippen LogP contribution in [-0.4, -0.2) is 67.9 Å². The topological polar surface area (TPSA) is 94.2 Å². The summed E-state index contributed by atoms with van der Waals surface area (Å²) in [5, 5.41) is 2.86. The second kappa shape index (κ2) is 33.3. The number of nitrogens with zero attached hydrogens (tertiary/aromatic N) is 1. The van der Waals surface area contributed by atoms with Gasteiger partial charge in [-0.2, -0.15) is 0 Å². The van der Waals surface area contributed by atoms with Gasteiger partial charge in [0.2, 0.25) is 0 Å². The number of carbonyl (C=O) groups excluding carboxylic acids is 3. The summed E-state index contributed by atoms with van der Waals surface area (Å²) in [5.74, 6) is -0.596. The quantitative estimate of drug-likeness (QED) is 0.0401. The van der Waals surface area contributed by atoms with E-state index in [0.29, 0.717) is 12.8 Å². The second-order valence-electron chi connectivity index (χ2n) is 14.6. The van der Waals surface area contributed by atoms with E-state index in [4.69, 9.17) is 14.2 Å². The maximum absolute atomic E-state index is 12.5. The molecular formula is C41H78N2O6. The van der Waals surface area contributed by atoms with E-state index in [1.807, 2.05) is 0 Å². The number of rotatable bonds is 35. The van der Waals surface area contributed by atoms with Crippen LogP contribution in [0.15, 0.2) is 0 Å². The number of alkyl carbamates (subject to hydrolysis) is 1. The average molecular weight is 695 g/mol. The van der Waals surface area contributed by atoms with Gasteiger partial charge in [0, 0.05) is 25.9 Å². The fourth-order valence-corrected chi connectivity index (χ4v) is 6.48. The molecule has 0 aromatic carbocycles. The van der Waals surface area contributed by atoms with Crippen LogP contribution in [0.1, 0.15) is 201 Å². The molecule has 288 valence electrons. The van der Waals surface area contributed by atoms with E-state index in [2.05, 4.69) is 31.0 Å². The highest BCUT2D eigenvalue weighted by Gasteiger charge is 2.28. The second-order valence-corrected chi connectivity index (χ2v) is 14.6. The molecule has 0 spiro atoms. The first-order valence-electron chi connectivity index (χ1n) is 21.0. The lowest BCUT2D eigenvalue weighted by Crippen LogP contribution is -2.59. The number of amides is 1. The molecule has 0 radical (unpaired) electrons. The lowest BCUT2D eigenvalue weighted by Gasteiger charge is -2.38. The summed E-state index contributed by atoms with van der Waals surface area (Å²) >= 11 is 0. The summed E-state index contributed by atoms with van der Waals surface area (Å²) in [5.41, 5.74) is 0. The maximum Gasteiger partial charge on any atom is 0.407 e. The fraction of sp³-hybridized carbons (Fsp3) is 0.927. The Hall–Kier alpha value is -1.83. The van der Waals surface area contributed by atoms with Gasteiger partial charge in [0.15, 0.2) is 6.10 Å². The van der Waals surface area contributed by atoms with Crippen molar-refractivity contribution < 1.29 is 28.6 Å². The van der Waals surface area contributed by atoms with Crippen molar-refractivity contribution in [2.24, 2.45) is 0 Å². The van der Waals surface area contributed by atoms with Gasteiger partial charge >= 0.3 is 18.0 Å². The Morgan fingerprint density at radius 3 is 1.18 bits per heavy atom. The van der Waals surface area contributed by atoms with Crippen LogP contribution in [0.3, 0.4) is 0 Å². The highest BCUT2D eigenvalue weighted by Crippen LogP contribution is 2.15. The number of likely N-dealkylation sites (N-methyl/N-ethyl adjacent to an activating group) is 1.